The van der Waals surface area contributed by atoms with Gasteiger partial charge in [-0.2, -0.15) is 0 Å². The summed E-state index contributed by atoms with van der Waals surface area (Å²) in [6.07, 6.45) is 5.68. The zero-order valence-corrected chi connectivity index (χ0v) is 16.3. The fourth-order valence-corrected chi connectivity index (χ4v) is 3.81. The number of carboxylic acid groups (broad SMARTS) is 1. The highest BCUT2D eigenvalue weighted by Crippen LogP contribution is 2.42. The molecule has 2 atom stereocenters. The van der Waals surface area contributed by atoms with Crippen LogP contribution in [0.1, 0.15) is 57.1 Å². The van der Waals surface area contributed by atoms with Gasteiger partial charge in [-0.15, -0.1) is 0 Å². The zero-order valence-electron chi connectivity index (χ0n) is 16.3. The second-order valence-electron chi connectivity index (χ2n) is 6.70. The maximum atomic E-state index is 11.8. The number of piperidine rings is 1. The number of aliphatic carboxylic acids is 1. The van der Waals surface area contributed by atoms with Gasteiger partial charge in [0.2, 0.25) is 5.75 Å². The standard InChI is InChI=1S/C20H31NO5/c1-5-6-9-15(21-11-8-7-10-16(21)20(22)23)14-12-17(24-2)19(26-4)18(13-14)25-3/h12-13,15-16H,5-11H2,1-4H3,(H,22,23). The van der Waals surface area contributed by atoms with Gasteiger partial charge in [0.15, 0.2) is 11.5 Å². The Morgan fingerprint density at radius 2 is 1.85 bits per heavy atom. The van der Waals surface area contributed by atoms with E-state index in [0.717, 1.165) is 44.2 Å². The van der Waals surface area contributed by atoms with Crippen molar-refractivity contribution in [2.24, 2.45) is 0 Å². The van der Waals surface area contributed by atoms with Crippen LogP contribution < -0.4 is 14.2 Å². The summed E-state index contributed by atoms with van der Waals surface area (Å²) in [5.74, 6) is 1.03. The van der Waals surface area contributed by atoms with E-state index < -0.39 is 12.0 Å². The van der Waals surface area contributed by atoms with Crippen LogP contribution in [0, 0.1) is 0 Å². The molecule has 26 heavy (non-hydrogen) atoms. The SMILES string of the molecule is CCCCC(c1cc(OC)c(OC)c(OC)c1)N1CCCCC1C(=O)O. The molecule has 0 spiro atoms. The van der Waals surface area contributed by atoms with Crippen LogP contribution in [0.15, 0.2) is 12.1 Å². The lowest BCUT2D eigenvalue weighted by atomic mass is 9.92. The van der Waals surface area contributed by atoms with Gasteiger partial charge in [0.1, 0.15) is 6.04 Å². The molecule has 1 heterocycles. The number of hydrogen-bond donors (Lipinski definition) is 1. The highest BCUT2D eigenvalue weighted by molar-refractivity contribution is 5.73. The van der Waals surface area contributed by atoms with Crippen LogP contribution in [-0.4, -0.2) is 49.9 Å². The van der Waals surface area contributed by atoms with Crippen molar-refractivity contribution in [3.8, 4) is 17.2 Å². The lowest BCUT2D eigenvalue weighted by Crippen LogP contribution is -2.46. The lowest BCUT2D eigenvalue weighted by molar-refractivity contribution is -0.146. The van der Waals surface area contributed by atoms with Gasteiger partial charge < -0.3 is 19.3 Å². The Hall–Kier alpha value is -1.95. The summed E-state index contributed by atoms with van der Waals surface area (Å²) in [6, 6.07) is 3.49. The summed E-state index contributed by atoms with van der Waals surface area (Å²) < 4.78 is 16.4. The van der Waals surface area contributed by atoms with Gasteiger partial charge in [0.25, 0.3) is 0 Å². The van der Waals surface area contributed by atoms with Crippen molar-refractivity contribution in [3.63, 3.8) is 0 Å². The lowest BCUT2D eigenvalue weighted by Gasteiger charge is -2.39. The fraction of sp³-hybridized carbons (Fsp3) is 0.650. The maximum Gasteiger partial charge on any atom is 0.320 e. The van der Waals surface area contributed by atoms with Gasteiger partial charge >= 0.3 is 5.97 Å². The number of rotatable bonds is 9. The van der Waals surface area contributed by atoms with Gasteiger partial charge in [-0.05, 0) is 43.5 Å². The van der Waals surface area contributed by atoms with Crippen molar-refractivity contribution in [2.45, 2.75) is 57.5 Å². The molecule has 146 valence electrons. The summed E-state index contributed by atoms with van der Waals surface area (Å²) in [7, 11) is 4.78. The minimum Gasteiger partial charge on any atom is -0.493 e. The third-order valence-corrected chi connectivity index (χ3v) is 5.13. The average Bonchev–Trinajstić information content (AvgIpc) is 2.67. The Labute approximate surface area is 156 Å². The van der Waals surface area contributed by atoms with Crippen LogP contribution in [-0.2, 0) is 4.79 Å². The van der Waals surface area contributed by atoms with E-state index in [1.165, 1.54) is 0 Å². The Morgan fingerprint density at radius 1 is 1.19 bits per heavy atom. The summed E-state index contributed by atoms with van der Waals surface area (Å²) in [5, 5.41) is 9.70. The maximum absolute atomic E-state index is 11.8. The normalized spacial score (nSPS) is 19.0. The van der Waals surface area contributed by atoms with Crippen LogP contribution in [0.2, 0.25) is 0 Å². The number of unbranched alkanes of at least 4 members (excludes halogenated alkanes) is 1. The largest absolute Gasteiger partial charge is 0.493 e. The third-order valence-electron chi connectivity index (χ3n) is 5.13. The highest BCUT2D eigenvalue weighted by Gasteiger charge is 2.34. The number of methoxy groups -OCH3 is 3. The number of benzene rings is 1. The molecule has 0 aliphatic carbocycles. The van der Waals surface area contributed by atoms with E-state index in [-0.39, 0.29) is 6.04 Å². The van der Waals surface area contributed by atoms with Crippen molar-refractivity contribution in [1.29, 1.82) is 0 Å². The van der Waals surface area contributed by atoms with E-state index in [2.05, 4.69) is 11.8 Å². The molecule has 0 aromatic heterocycles. The molecule has 2 unspecified atom stereocenters. The Morgan fingerprint density at radius 3 is 2.35 bits per heavy atom. The molecule has 1 aliphatic heterocycles. The predicted octanol–water partition coefficient (Wildman–Crippen LogP) is 3.88. The first-order valence-corrected chi connectivity index (χ1v) is 9.35. The van der Waals surface area contributed by atoms with E-state index >= 15 is 0 Å². The molecule has 1 aromatic rings. The molecule has 6 heteroatoms. The molecule has 0 amide bonds. The molecule has 1 aromatic carbocycles. The van der Waals surface area contributed by atoms with Crippen LogP contribution in [0.4, 0.5) is 0 Å². The number of hydrogen-bond acceptors (Lipinski definition) is 5. The minimum absolute atomic E-state index is 0.0186. The van der Waals surface area contributed by atoms with Crippen molar-refractivity contribution in [2.75, 3.05) is 27.9 Å². The van der Waals surface area contributed by atoms with E-state index in [4.69, 9.17) is 14.2 Å². The smallest absolute Gasteiger partial charge is 0.320 e. The monoisotopic (exact) mass is 365 g/mol. The van der Waals surface area contributed by atoms with Gasteiger partial charge in [-0.3, -0.25) is 9.69 Å². The molecular weight excluding hydrogens is 334 g/mol. The number of carboxylic acids is 1. The number of likely N-dealkylation sites (tertiary alicyclic amines) is 1. The molecule has 0 radical (unpaired) electrons. The number of nitrogens with zero attached hydrogens (tertiary/aromatic N) is 1. The molecule has 0 saturated carbocycles. The van der Waals surface area contributed by atoms with Crippen molar-refractivity contribution in [3.05, 3.63) is 17.7 Å². The Bertz CT molecular complexity index is 579. The molecule has 1 fully saturated rings. The summed E-state index contributed by atoms with van der Waals surface area (Å²) in [5.41, 5.74) is 1.01. The first-order valence-electron chi connectivity index (χ1n) is 9.35. The molecule has 2 rings (SSSR count). The van der Waals surface area contributed by atoms with Crippen LogP contribution in [0.5, 0.6) is 17.2 Å². The first-order chi connectivity index (χ1) is 12.6. The quantitative estimate of drug-likeness (QED) is 0.716. The Kier molecular flexibility index (Phi) is 7.57. The van der Waals surface area contributed by atoms with Gasteiger partial charge in [-0.25, -0.2) is 0 Å². The van der Waals surface area contributed by atoms with E-state index in [9.17, 15) is 9.90 Å². The number of ether oxygens (including phenoxy) is 3. The highest BCUT2D eigenvalue weighted by atomic mass is 16.5. The molecule has 6 nitrogen and oxygen atoms in total. The second-order valence-corrected chi connectivity index (χ2v) is 6.70. The van der Waals surface area contributed by atoms with E-state index in [1.807, 2.05) is 12.1 Å². The van der Waals surface area contributed by atoms with Crippen molar-refractivity contribution >= 4 is 5.97 Å². The molecular formula is C20H31NO5. The van der Waals surface area contributed by atoms with Crippen molar-refractivity contribution < 1.29 is 24.1 Å². The predicted molar refractivity (Wildman–Crippen MR) is 100 cm³/mol. The van der Waals surface area contributed by atoms with Crippen LogP contribution in [0.3, 0.4) is 0 Å². The average molecular weight is 365 g/mol. The van der Waals surface area contributed by atoms with Crippen LogP contribution >= 0.6 is 0 Å². The van der Waals surface area contributed by atoms with E-state index in [0.29, 0.717) is 23.7 Å². The first kappa shape index (κ1) is 20.4. The molecule has 1 saturated heterocycles. The third kappa shape index (κ3) is 4.41. The van der Waals surface area contributed by atoms with Gasteiger partial charge in [-0.1, -0.05) is 26.2 Å². The van der Waals surface area contributed by atoms with Crippen LogP contribution in [0.25, 0.3) is 0 Å². The second kappa shape index (κ2) is 9.67. The summed E-state index contributed by atoms with van der Waals surface area (Å²) in [4.78, 5) is 14.0. The summed E-state index contributed by atoms with van der Waals surface area (Å²) in [6.45, 7) is 2.94. The fourth-order valence-electron chi connectivity index (χ4n) is 3.81. The number of carbonyl (C=O) groups is 1. The molecule has 1 aliphatic rings. The van der Waals surface area contributed by atoms with Crippen molar-refractivity contribution in [1.82, 2.24) is 4.90 Å². The Balaban J connectivity index is 2.47. The zero-order chi connectivity index (χ0) is 19.1. The molecule has 0 bridgehead atoms. The summed E-state index contributed by atoms with van der Waals surface area (Å²) >= 11 is 0. The van der Waals surface area contributed by atoms with Gasteiger partial charge in [0, 0.05) is 6.04 Å². The van der Waals surface area contributed by atoms with E-state index in [1.54, 1.807) is 21.3 Å². The van der Waals surface area contributed by atoms with Gasteiger partial charge in [0.05, 0.1) is 21.3 Å². The topological polar surface area (TPSA) is 68.2 Å². The minimum atomic E-state index is -0.737. The molecule has 1 N–H and O–H groups in total.